The third-order valence-corrected chi connectivity index (χ3v) is 15.9. The second-order valence-electron chi connectivity index (χ2n) is 24.1. The molecule has 0 aromatic carbocycles. The molecule has 0 aromatic rings. The highest BCUT2D eigenvalue weighted by Crippen LogP contribution is 2.18. The molecular weight excluding hydrogens is 1020 g/mol. The maximum absolute atomic E-state index is 12.9. The second-order valence-corrected chi connectivity index (χ2v) is 24.1. The van der Waals surface area contributed by atoms with E-state index in [4.69, 9.17) is 14.2 Å². The van der Waals surface area contributed by atoms with Crippen molar-refractivity contribution in [3.63, 3.8) is 0 Å². The number of hydrogen-bond donors (Lipinski definition) is 0. The molecule has 0 heterocycles. The van der Waals surface area contributed by atoms with E-state index in [1.54, 1.807) is 0 Å². The van der Waals surface area contributed by atoms with Gasteiger partial charge < -0.3 is 14.2 Å². The summed E-state index contributed by atoms with van der Waals surface area (Å²) in [4.78, 5) is 38.4. The number of allylic oxidation sites excluding steroid dienone is 14. The van der Waals surface area contributed by atoms with Crippen molar-refractivity contribution >= 4 is 17.9 Å². The van der Waals surface area contributed by atoms with Crippen LogP contribution in [0.1, 0.15) is 367 Å². The van der Waals surface area contributed by atoms with Crippen molar-refractivity contribution in [2.45, 2.75) is 374 Å². The van der Waals surface area contributed by atoms with Crippen LogP contribution in [0.4, 0.5) is 0 Å². The van der Waals surface area contributed by atoms with Crippen molar-refractivity contribution in [2.75, 3.05) is 13.2 Å². The van der Waals surface area contributed by atoms with Crippen molar-refractivity contribution in [3.05, 3.63) is 85.1 Å². The predicted octanol–water partition coefficient (Wildman–Crippen LogP) is 25.0. The number of rotatable bonds is 66. The average Bonchev–Trinajstić information content (AvgIpc) is 3.49. The molecule has 0 radical (unpaired) electrons. The average molecular weight is 1160 g/mol. The first-order valence-corrected chi connectivity index (χ1v) is 36.1. The number of esters is 3. The van der Waals surface area contributed by atoms with Gasteiger partial charge in [0.15, 0.2) is 6.10 Å². The lowest BCUT2D eigenvalue weighted by Gasteiger charge is -2.18. The molecule has 0 aliphatic carbocycles. The number of carbonyl (C=O) groups is 3. The molecule has 0 N–H and O–H groups in total. The first kappa shape index (κ1) is 79.6. The highest BCUT2D eigenvalue weighted by Gasteiger charge is 2.19. The molecule has 0 aromatic heterocycles. The maximum Gasteiger partial charge on any atom is 0.306 e. The van der Waals surface area contributed by atoms with Gasteiger partial charge in [-0.3, -0.25) is 14.4 Å². The van der Waals surface area contributed by atoms with E-state index in [-0.39, 0.29) is 37.5 Å². The molecule has 0 saturated heterocycles. The zero-order chi connectivity index (χ0) is 59.9. The summed E-state index contributed by atoms with van der Waals surface area (Å²) in [7, 11) is 0. The first-order chi connectivity index (χ1) is 41.0. The largest absolute Gasteiger partial charge is 0.462 e. The van der Waals surface area contributed by atoms with Gasteiger partial charge in [-0.2, -0.15) is 0 Å². The van der Waals surface area contributed by atoms with Gasteiger partial charge in [0.05, 0.1) is 0 Å². The van der Waals surface area contributed by atoms with Crippen LogP contribution in [0.2, 0.25) is 0 Å². The van der Waals surface area contributed by atoms with E-state index < -0.39 is 6.10 Å². The van der Waals surface area contributed by atoms with Crippen molar-refractivity contribution in [1.29, 1.82) is 0 Å². The van der Waals surface area contributed by atoms with E-state index in [0.717, 1.165) is 70.6 Å². The molecule has 83 heavy (non-hydrogen) atoms. The highest BCUT2D eigenvalue weighted by atomic mass is 16.6. The zero-order valence-electron chi connectivity index (χ0n) is 55.2. The van der Waals surface area contributed by atoms with E-state index in [1.807, 2.05) is 6.08 Å². The lowest BCUT2D eigenvalue weighted by atomic mass is 10.0. The van der Waals surface area contributed by atoms with E-state index in [9.17, 15) is 14.4 Å². The molecule has 0 bridgehead atoms. The van der Waals surface area contributed by atoms with Crippen molar-refractivity contribution in [3.8, 4) is 0 Å². The lowest BCUT2D eigenvalue weighted by Crippen LogP contribution is -2.30. The third-order valence-electron chi connectivity index (χ3n) is 15.9. The highest BCUT2D eigenvalue weighted by molar-refractivity contribution is 5.71. The minimum atomic E-state index is -0.807. The van der Waals surface area contributed by atoms with E-state index in [1.165, 1.54) is 250 Å². The van der Waals surface area contributed by atoms with Gasteiger partial charge in [-0.25, -0.2) is 0 Å². The van der Waals surface area contributed by atoms with Gasteiger partial charge >= 0.3 is 17.9 Å². The molecule has 0 fully saturated rings. The summed E-state index contributed by atoms with van der Waals surface area (Å²) in [6, 6.07) is 0. The molecule has 0 rings (SSSR count). The van der Waals surface area contributed by atoms with Gasteiger partial charge in [-0.1, -0.05) is 331 Å². The van der Waals surface area contributed by atoms with Crippen LogP contribution < -0.4 is 0 Å². The number of carbonyl (C=O) groups excluding carboxylic acids is 3. The number of hydrogen-bond acceptors (Lipinski definition) is 6. The van der Waals surface area contributed by atoms with Crippen molar-refractivity contribution < 1.29 is 28.6 Å². The standard InChI is InChI=1S/C77H136O6/c1-4-7-10-13-16-19-22-25-27-29-31-33-35-36-37-38-39-40-42-43-45-47-49-52-55-58-61-64-67-70-76(79)82-73-74(72-81-75(78)69-66-63-60-57-54-51-24-21-18-15-12-9-6-3)83-77(80)71-68-65-62-59-56-53-50-48-46-44-41-34-32-30-28-26-23-20-17-14-11-8-5-2/h9,12,18,21,23,26,29-32,51,54,60,63,74H,4-8,10-11,13-17,19-20,22,24-25,27-28,33-50,52-53,55-59,61-62,64-73H2,1-3H3/b12-9-,21-18-,26-23-,31-29-,32-30-,54-51-,63-60-. The molecule has 0 spiro atoms. The topological polar surface area (TPSA) is 78.9 Å². The quantitative estimate of drug-likeness (QED) is 0.0261. The summed E-state index contributed by atoms with van der Waals surface area (Å²) in [6.45, 7) is 6.50. The fourth-order valence-corrected chi connectivity index (χ4v) is 10.5. The summed E-state index contributed by atoms with van der Waals surface area (Å²) in [5.41, 5.74) is 0. The van der Waals surface area contributed by atoms with Crippen molar-refractivity contribution in [1.82, 2.24) is 0 Å². The van der Waals surface area contributed by atoms with E-state index in [0.29, 0.717) is 19.3 Å². The summed E-state index contributed by atoms with van der Waals surface area (Å²) < 4.78 is 16.9. The van der Waals surface area contributed by atoms with Crippen molar-refractivity contribution in [2.24, 2.45) is 0 Å². The minimum Gasteiger partial charge on any atom is -0.462 e. The monoisotopic (exact) mass is 1160 g/mol. The summed E-state index contributed by atoms with van der Waals surface area (Å²) in [5.74, 6) is -0.966. The van der Waals surface area contributed by atoms with Gasteiger partial charge in [-0.15, -0.1) is 0 Å². The summed E-state index contributed by atoms with van der Waals surface area (Å²) in [5, 5.41) is 0. The van der Waals surface area contributed by atoms with E-state index in [2.05, 4.69) is 99.8 Å². The van der Waals surface area contributed by atoms with Crippen LogP contribution in [-0.2, 0) is 28.6 Å². The Morgan fingerprint density at radius 1 is 0.253 bits per heavy atom. The van der Waals surface area contributed by atoms with Crippen LogP contribution in [0.15, 0.2) is 85.1 Å². The van der Waals surface area contributed by atoms with Gasteiger partial charge in [-0.05, 0) is 103 Å². The molecular formula is C77H136O6. The van der Waals surface area contributed by atoms with Gasteiger partial charge in [0.25, 0.3) is 0 Å². The van der Waals surface area contributed by atoms with Crippen LogP contribution in [0.25, 0.3) is 0 Å². The van der Waals surface area contributed by atoms with Crippen LogP contribution in [0.5, 0.6) is 0 Å². The molecule has 0 aliphatic heterocycles. The fourth-order valence-electron chi connectivity index (χ4n) is 10.5. The SMILES string of the molecule is CC/C=C\C/C=C\C/C=C\C/C=C\CCC(=O)OCC(COC(=O)CCCCCCCCCCCCCCCCCCC/C=C\CCCCCCCCCC)OC(=O)CCCCCCCCCCCCC/C=C\C/C=C\CCCCCCC. The van der Waals surface area contributed by atoms with E-state index >= 15 is 0 Å². The van der Waals surface area contributed by atoms with Crippen LogP contribution >= 0.6 is 0 Å². The molecule has 480 valence electrons. The van der Waals surface area contributed by atoms with Gasteiger partial charge in [0.2, 0.25) is 0 Å². The molecule has 6 nitrogen and oxygen atoms in total. The van der Waals surface area contributed by atoms with Crippen LogP contribution in [-0.4, -0.2) is 37.2 Å². The summed E-state index contributed by atoms with van der Waals surface area (Å²) >= 11 is 0. The molecule has 0 saturated carbocycles. The minimum absolute atomic E-state index is 0.0965. The number of unbranched alkanes of at least 4 members (excludes halogenated alkanes) is 41. The Morgan fingerprint density at radius 3 is 0.819 bits per heavy atom. The van der Waals surface area contributed by atoms with Crippen LogP contribution in [0.3, 0.4) is 0 Å². The molecule has 0 aliphatic rings. The Bertz CT molecular complexity index is 1570. The van der Waals surface area contributed by atoms with Gasteiger partial charge in [0.1, 0.15) is 13.2 Å². The molecule has 1 atom stereocenters. The maximum atomic E-state index is 12.9. The second kappa shape index (κ2) is 71.1. The number of ether oxygens (including phenoxy) is 3. The molecule has 1 unspecified atom stereocenters. The molecule has 6 heteroatoms. The Kier molecular flexibility index (Phi) is 68.2. The Balaban J connectivity index is 4.25. The third kappa shape index (κ3) is 69.3. The summed E-state index contributed by atoms with van der Waals surface area (Å²) in [6.07, 6.45) is 95.0. The molecule has 0 amide bonds. The first-order valence-electron chi connectivity index (χ1n) is 36.1. The normalized spacial score (nSPS) is 12.6. The smallest absolute Gasteiger partial charge is 0.306 e. The Morgan fingerprint density at radius 2 is 0.494 bits per heavy atom. The zero-order valence-corrected chi connectivity index (χ0v) is 55.2. The van der Waals surface area contributed by atoms with Gasteiger partial charge in [0, 0.05) is 19.3 Å². The Hall–Kier alpha value is -3.41. The fraction of sp³-hybridized carbons (Fsp3) is 0.779. The Labute approximate surface area is 515 Å². The lowest BCUT2D eigenvalue weighted by molar-refractivity contribution is -0.166. The van der Waals surface area contributed by atoms with Crippen LogP contribution in [0, 0.1) is 0 Å². The predicted molar refractivity (Wildman–Crippen MR) is 362 cm³/mol.